The molecule has 0 aromatic carbocycles. The number of nitrogens with zero attached hydrogens (tertiary/aromatic N) is 2. The average Bonchev–Trinajstić information content (AvgIpc) is 2.18. The first kappa shape index (κ1) is 7.96. The molecule has 0 fully saturated rings. The first-order valence-corrected chi connectivity index (χ1v) is 4.65. The minimum Gasteiger partial charge on any atom is -0.187 e. The number of hydrogen-bond acceptors (Lipinski definition) is 2. The van der Waals surface area contributed by atoms with E-state index in [1.165, 1.54) is 18.4 Å². The third kappa shape index (κ3) is 1.10. The van der Waals surface area contributed by atoms with E-state index in [1.54, 1.807) is 0 Å². The molecule has 3 rings (SSSR count). The zero-order valence-electron chi connectivity index (χ0n) is 8.09. The van der Waals surface area contributed by atoms with Gasteiger partial charge < -0.3 is 0 Å². The molecule has 12 heavy (non-hydrogen) atoms. The molecule has 1 unspecified atom stereocenters. The van der Waals surface area contributed by atoms with Crippen molar-refractivity contribution in [1.29, 1.82) is 0 Å². The molecule has 2 nitrogen and oxygen atoms in total. The second-order valence-electron chi connectivity index (χ2n) is 4.69. The highest BCUT2D eigenvalue weighted by molar-refractivity contribution is 5.24. The van der Waals surface area contributed by atoms with E-state index in [9.17, 15) is 0 Å². The van der Waals surface area contributed by atoms with Crippen molar-refractivity contribution in [2.45, 2.75) is 51.1 Å². The lowest BCUT2D eigenvalue weighted by atomic mass is 9.80. The molecule has 2 heterocycles. The molecular weight excluding hydrogens is 148 g/mol. The van der Waals surface area contributed by atoms with E-state index in [0.29, 0.717) is 0 Å². The fourth-order valence-corrected chi connectivity index (χ4v) is 1.91. The Bertz CT molecular complexity index is 263. The minimum absolute atomic E-state index is 0.0335. The maximum atomic E-state index is 4.44. The Kier molecular flexibility index (Phi) is 1.45. The zero-order chi connectivity index (χ0) is 8.82. The second-order valence-corrected chi connectivity index (χ2v) is 4.69. The van der Waals surface area contributed by atoms with Gasteiger partial charge in [0.25, 0.3) is 0 Å². The normalized spacial score (nSPS) is 37.8. The molecule has 0 aromatic heterocycles. The van der Waals surface area contributed by atoms with Crippen LogP contribution < -0.4 is 0 Å². The summed E-state index contributed by atoms with van der Waals surface area (Å²) >= 11 is 0. The van der Waals surface area contributed by atoms with Gasteiger partial charge in [0.05, 0.1) is 11.1 Å². The Morgan fingerprint density at radius 3 is 2.58 bits per heavy atom. The molecule has 0 N–H and O–H groups in total. The predicted octanol–water partition coefficient (Wildman–Crippen LogP) is 3.10. The van der Waals surface area contributed by atoms with E-state index in [-0.39, 0.29) is 11.1 Å². The summed E-state index contributed by atoms with van der Waals surface area (Å²) < 4.78 is 0. The highest BCUT2D eigenvalue weighted by Gasteiger charge is 2.36. The summed E-state index contributed by atoms with van der Waals surface area (Å²) in [6.45, 7) is 6.50. The number of azo groups is 1. The highest BCUT2D eigenvalue weighted by Crippen LogP contribution is 2.40. The molecule has 0 radical (unpaired) electrons. The average molecular weight is 164 g/mol. The molecule has 1 atom stereocenters. The van der Waals surface area contributed by atoms with E-state index in [1.807, 2.05) is 0 Å². The van der Waals surface area contributed by atoms with Crippen LogP contribution in [0.4, 0.5) is 0 Å². The molecule has 1 aliphatic carbocycles. The van der Waals surface area contributed by atoms with Crippen molar-refractivity contribution >= 4 is 0 Å². The molecule has 2 aliphatic heterocycles. The van der Waals surface area contributed by atoms with Crippen LogP contribution in [0.25, 0.3) is 0 Å². The maximum absolute atomic E-state index is 4.44. The van der Waals surface area contributed by atoms with E-state index >= 15 is 0 Å². The van der Waals surface area contributed by atoms with Gasteiger partial charge >= 0.3 is 0 Å². The smallest absolute Gasteiger partial charge is 0.0968 e. The van der Waals surface area contributed by atoms with Crippen LogP contribution in [0.3, 0.4) is 0 Å². The summed E-state index contributed by atoms with van der Waals surface area (Å²) in [5.74, 6) is 0. The van der Waals surface area contributed by atoms with Crippen LogP contribution in [0, 0.1) is 0 Å². The number of fused-ring (bicyclic) bond motifs is 3. The lowest BCUT2D eigenvalue weighted by Gasteiger charge is -2.26. The van der Waals surface area contributed by atoms with Crippen LogP contribution in [-0.2, 0) is 0 Å². The molecular formula is C10H16N2. The Hall–Kier alpha value is -0.660. The van der Waals surface area contributed by atoms with Gasteiger partial charge in [0.1, 0.15) is 0 Å². The van der Waals surface area contributed by atoms with E-state index in [0.717, 1.165) is 6.42 Å². The Labute approximate surface area is 73.8 Å². The first-order valence-electron chi connectivity index (χ1n) is 4.65. The zero-order valence-corrected chi connectivity index (χ0v) is 8.09. The topological polar surface area (TPSA) is 24.7 Å². The van der Waals surface area contributed by atoms with Gasteiger partial charge in [-0.1, -0.05) is 6.08 Å². The van der Waals surface area contributed by atoms with Crippen LogP contribution in [-0.4, -0.2) is 11.1 Å². The SMILES string of the molecule is CC12CC=C(CC1)C(C)(C)N=N2. The Morgan fingerprint density at radius 1 is 1.25 bits per heavy atom. The van der Waals surface area contributed by atoms with E-state index in [2.05, 4.69) is 37.1 Å². The molecule has 0 aromatic rings. The summed E-state index contributed by atoms with van der Waals surface area (Å²) in [5, 5.41) is 8.85. The molecule has 0 spiro atoms. The minimum atomic E-state index is -0.0335. The van der Waals surface area contributed by atoms with E-state index < -0.39 is 0 Å². The third-order valence-electron chi connectivity index (χ3n) is 3.05. The van der Waals surface area contributed by atoms with Gasteiger partial charge in [-0.05, 0) is 45.6 Å². The van der Waals surface area contributed by atoms with Gasteiger partial charge in [0.2, 0.25) is 0 Å². The quantitative estimate of drug-likeness (QED) is 0.491. The number of rotatable bonds is 0. The largest absolute Gasteiger partial charge is 0.187 e. The van der Waals surface area contributed by atoms with Gasteiger partial charge in [-0.3, -0.25) is 0 Å². The summed E-state index contributed by atoms with van der Waals surface area (Å²) in [7, 11) is 0. The molecule has 0 saturated heterocycles. The number of hydrogen-bond donors (Lipinski definition) is 0. The Morgan fingerprint density at radius 2 is 2.00 bits per heavy atom. The monoisotopic (exact) mass is 164 g/mol. The van der Waals surface area contributed by atoms with Crippen LogP contribution in [0.5, 0.6) is 0 Å². The highest BCUT2D eigenvalue weighted by atomic mass is 15.2. The Balaban J connectivity index is 2.44. The first-order chi connectivity index (χ1) is 5.52. The van der Waals surface area contributed by atoms with Gasteiger partial charge in [-0.2, -0.15) is 10.2 Å². The summed E-state index contributed by atoms with van der Waals surface area (Å²) in [6, 6.07) is 0. The molecule has 3 aliphatic rings. The molecule has 2 heteroatoms. The lowest BCUT2D eigenvalue weighted by Crippen LogP contribution is -2.24. The van der Waals surface area contributed by atoms with Crippen molar-refractivity contribution in [3.63, 3.8) is 0 Å². The summed E-state index contributed by atoms with van der Waals surface area (Å²) in [5.41, 5.74) is 1.55. The summed E-state index contributed by atoms with van der Waals surface area (Å²) in [4.78, 5) is 0. The van der Waals surface area contributed by atoms with Crippen LogP contribution in [0.1, 0.15) is 40.0 Å². The fraction of sp³-hybridized carbons (Fsp3) is 0.800. The van der Waals surface area contributed by atoms with E-state index in [4.69, 9.17) is 0 Å². The van der Waals surface area contributed by atoms with Crippen molar-refractivity contribution in [3.05, 3.63) is 11.6 Å². The third-order valence-corrected chi connectivity index (χ3v) is 3.05. The maximum Gasteiger partial charge on any atom is 0.0968 e. The van der Waals surface area contributed by atoms with Gasteiger partial charge in [-0.25, -0.2) is 0 Å². The molecule has 66 valence electrons. The molecule has 0 amide bonds. The van der Waals surface area contributed by atoms with Crippen molar-refractivity contribution in [3.8, 4) is 0 Å². The lowest BCUT2D eigenvalue weighted by molar-refractivity contribution is 0.417. The van der Waals surface area contributed by atoms with Crippen molar-refractivity contribution in [1.82, 2.24) is 0 Å². The summed E-state index contributed by atoms with van der Waals surface area (Å²) in [6.07, 6.45) is 5.76. The van der Waals surface area contributed by atoms with Crippen molar-refractivity contribution in [2.24, 2.45) is 10.2 Å². The standard InChI is InChI=1S/C10H16N2/c1-9(2)8-4-6-10(3,7-5-8)12-11-9/h4H,5-7H2,1-3H3. The predicted molar refractivity (Wildman–Crippen MR) is 49.3 cm³/mol. The molecule has 2 bridgehead atoms. The van der Waals surface area contributed by atoms with Gasteiger partial charge in [0, 0.05) is 0 Å². The second kappa shape index (κ2) is 2.18. The van der Waals surface area contributed by atoms with Crippen LogP contribution in [0.2, 0.25) is 0 Å². The van der Waals surface area contributed by atoms with Gasteiger partial charge in [0.15, 0.2) is 0 Å². The van der Waals surface area contributed by atoms with Crippen molar-refractivity contribution in [2.75, 3.05) is 0 Å². The molecule has 0 saturated carbocycles. The van der Waals surface area contributed by atoms with Crippen LogP contribution in [0.15, 0.2) is 21.9 Å². The van der Waals surface area contributed by atoms with Crippen molar-refractivity contribution < 1.29 is 0 Å². The fourth-order valence-electron chi connectivity index (χ4n) is 1.91. The van der Waals surface area contributed by atoms with Crippen LogP contribution >= 0.6 is 0 Å². The van der Waals surface area contributed by atoms with Gasteiger partial charge in [-0.15, -0.1) is 0 Å².